The molecule has 2 aromatic carbocycles. The molecule has 0 bridgehead atoms. The number of nitrogens with one attached hydrogen (secondary N) is 1. The van der Waals surface area contributed by atoms with E-state index in [0.29, 0.717) is 0 Å². The number of halogens is 2. The maximum absolute atomic E-state index is 6.15. The van der Waals surface area contributed by atoms with Gasteiger partial charge in [0.05, 0.1) is 5.02 Å². The Morgan fingerprint density at radius 1 is 1.20 bits per heavy atom. The number of hydrogen-bond acceptors (Lipinski definition) is 3. The number of benzene rings is 2. The number of nitrogens with two attached hydrogens (primary N) is 1. The zero-order chi connectivity index (χ0) is 14.4. The smallest absolute Gasteiger partial charge is 0.0541 e. The van der Waals surface area contributed by atoms with Gasteiger partial charge < -0.3 is 0 Å². The van der Waals surface area contributed by atoms with Gasteiger partial charge in [-0.3, -0.25) is 11.3 Å². The second-order valence-corrected chi connectivity index (χ2v) is 6.82. The number of hydrogen-bond donors (Lipinski definition) is 2. The van der Waals surface area contributed by atoms with Crippen LogP contribution in [-0.2, 0) is 6.42 Å². The van der Waals surface area contributed by atoms with Gasteiger partial charge in [-0.2, -0.15) is 0 Å². The lowest BCUT2D eigenvalue weighted by Gasteiger charge is -2.16. The zero-order valence-electron chi connectivity index (χ0n) is 10.9. The molecule has 20 heavy (non-hydrogen) atoms. The molecule has 0 aromatic heterocycles. The normalized spacial score (nSPS) is 12.3. The summed E-state index contributed by atoms with van der Waals surface area (Å²) in [6.07, 6.45) is 0.882. The highest BCUT2D eigenvalue weighted by atomic mass is 79.9. The summed E-state index contributed by atoms with van der Waals surface area (Å²) in [6, 6.07) is 16.3. The fraction of sp³-hybridized carbons (Fsp3) is 0.200. The van der Waals surface area contributed by atoms with Crippen molar-refractivity contribution in [3.8, 4) is 0 Å². The molecule has 0 radical (unpaired) electrons. The average molecular weight is 372 g/mol. The fourth-order valence-corrected chi connectivity index (χ4v) is 3.59. The lowest BCUT2D eigenvalue weighted by atomic mass is 10.1. The molecule has 0 aliphatic heterocycles. The summed E-state index contributed by atoms with van der Waals surface area (Å²) in [6.45, 7) is 0. The minimum atomic E-state index is 0.200. The van der Waals surface area contributed by atoms with Crippen molar-refractivity contribution in [3.05, 3.63) is 63.6 Å². The van der Waals surface area contributed by atoms with Crippen molar-refractivity contribution >= 4 is 39.3 Å². The number of rotatable bonds is 6. The van der Waals surface area contributed by atoms with E-state index in [-0.39, 0.29) is 6.04 Å². The van der Waals surface area contributed by atoms with E-state index in [1.165, 1.54) is 5.56 Å². The summed E-state index contributed by atoms with van der Waals surface area (Å²) < 4.78 is 1.09. The van der Waals surface area contributed by atoms with Gasteiger partial charge in [0.15, 0.2) is 0 Å². The Kier molecular flexibility index (Phi) is 6.39. The van der Waals surface area contributed by atoms with Crippen LogP contribution < -0.4 is 11.3 Å². The zero-order valence-corrected chi connectivity index (χ0v) is 14.0. The van der Waals surface area contributed by atoms with Crippen LogP contribution in [0.1, 0.15) is 5.56 Å². The molecule has 2 aromatic rings. The second kappa shape index (κ2) is 8.05. The third-order valence-corrected chi connectivity index (χ3v) is 5.05. The molecule has 0 spiro atoms. The Bertz CT molecular complexity index is 565. The molecule has 2 rings (SSSR count). The highest BCUT2D eigenvalue weighted by molar-refractivity contribution is 9.10. The van der Waals surface area contributed by atoms with Crippen LogP contribution >= 0.6 is 39.3 Å². The summed E-state index contributed by atoms with van der Waals surface area (Å²) in [5.41, 5.74) is 4.13. The molecule has 0 saturated carbocycles. The molecular formula is C15H16BrClN2S. The van der Waals surface area contributed by atoms with Gasteiger partial charge >= 0.3 is 0 Å². The van der Waals surface area contributed by atoms with Crippen LogP contribution in [-0.4, -0.2) is 11.8 Å². The molecule has 1 unspecified atom stereocenters. The molecule has 3 N–H and O–H groups in total. The maximum Gasteiger partial charge on any atom is 0.0541 e. The van der Waals surface area contributed by atoms with Gasteiger partial charge in [-0.15, -0.1) is 11.8 Å². The Morgan fingerprint density at radius 2 is 2.00 bits per heavy atom. The standard InChI is InChI=1S/C15H16BrClN2S/c16-12-5-3-4-11(8-12)9-13(19-18)10-20-15-7-2-1-6-14(15)17/h1-8,13,19H,9-10,18H2. The fourth-order valence-electron chi connectivity index (χ4n) is 1.87. The van der Waals surface area contributed by atoms with Crippen LogP contribution in [0.25, 0.3) is 0 Å². The Balaban J connectivity index is 1.94. The van der Waals surface area contributed by atoms with E-state index in [4.69, 9.17) is 17.4 Å². The second-order valence-electron chi connectivity index (χ2n) is 4.44. The van der Waals surface area contributed by atoms with Crippen LogP contribution in [0.4, 0.5) is 0 Å². The van der Waals surface area contributed by atoms with Crippen LogP contribution in [0, 0.1) is 0 Å². The van der Waals surface area contributed by atoms with Gasteiger partial charge in [-0.25, -0.2) is 0 Å². The Labute approximate surface area is 137 Å². The van der Waals surface area contributed by atoms with Crippen molar-refractivity contribution < 1.29 is 0 Å². The van der Waals surface area contributed by atoms with E-state index < -0.39 is 0 Å². The van der Waals surface area contributed by atoms with Crippen LogP contribution in [0.5, 0.6) is 0 Å². The SMILES string of the molecule is NNC(CSc1ccccc1Cl)Cc1cccc(Br)c1. The van der Waals surface area contributed by atoms with Gasteiger partial charge in [0.25, 0.3) is 0 Å². The van der Waals surface area contributed by atoms with Gasteiger partial charge in [-0.05, 0) is 36.2 Å². The molecular weight excluding hydrogens is 356 g/mol. The number of hydrazine groups is 1. The Hall–Kier alpha value is -0.520. The first-order valence-electron chi connectivity index (χ1n) is 6.27. The molecule has 0 amide bonds. The van der Waals surface area contributed by atoms with Gasteiger partial charge in [-0.1, -0.05) is 51.8 Å². The number of thioether (sulfide) groups is 1. The van der Waals surface area contributed by atoms with Crippen molar-refractivity contribution in [2.24, 2.45) is 5.84 Å². The molecule has 0 fully saturated rings. The van der Waals surface area contributed by atoms with Crippen molar-refractivity contribution in [2.45, 2.75) is 17.4 Å². The Morgan fingerprint density at radius 3 is 2.70 bits per heavy atom. The van der Waals surface area contributed by atoms with Gasteiger partial charge in [0.2, 0.25) is 0 Å². The monoisotopic (exact) mass is 370 g/mol. The van der Waals surface area contributed by atoms with Crippen LogP contribution in [0.2, 0.25) is 5.02 Å². The minimum Gasteiger partial charge on any atom is -0.271 e. The van der Waals surface area contributed by atoms with Gasteiger partial charge in [0, 0.05) is 21.2 Å². The minimum absolute atomic E-state index is 0.200. The molecule has 2 nitrogen and oxygen atoms in total. The van der Waals surface area contributed by atoms with E-state index in [0.717, 1.165) is 26.6 Å². The van der Waals surface area contributed by atoms with Crippen molar-refractivity contribution in [1.29, 1.82) is 0 Å². The molecule has 5 heteroatoms. The first-order valence-corrected chi connectivity index (χ1v) is 8.42. The van der Waals surface area contributed by atoms with Crippen molar-refractivity contribution in [2.75, 3.05) is 5.75 Å². The predicted molar refractivity (Wildman–Crippen MR) is 91.1 cm³/mol. The van der Waals surface area contributed by atoms with Gasteiger partial charge in [0.1, 0.15) is 0 Å². The predicted octanol–water partition coefficient (Wildman–Crippen LogP) is 4.27. The molecule has 106 valence electrons. The van der Waals surface area contributed by atoms with E-state index in [1.54, 1.807) is 11.8 Å². The van der Waals surface area contributed by atoms with E-state index >= 15 is 0 Å². The molecule has 0 heterocycles. The maximum atomic E-state index is 6.15. The topological polar surface area (TPSA) is 38.0 Å². The van der Waals surface area contributed by atoms with E-state index in [9.17, 15) is 0 Å². The van der Waals surface area contributed by atoms with Crippen LogP contribution in [0.15, 0.2) is 57.9 Å². The quantitative estimate of drug-likeness (QED) is 0.452. The van der Waals surface area contributed by atoms with Crippen LogP contribution in [0.3, 0.4) is 0 Å². The third-order valence-electron chi connectivity index (χ3n) is 2.88. The largest absolute Gasteiger partial charge is 0.271 e. The lowest BCUT2D eigenvalue weighted by Crippen LogP contribution is -2.38. The highest BCUT2D eigenvalue weighted by Crippen LogP contribution is 2.27. The summed E-state index contributed by atoms with van der Waals surface area (Å²) in [5.74, 6) is 6.52. The molecule has 0 saturated heterocycles. The van der Waals surface area contributed by atoms with E-state index in [1.807, 2.05) is 36.4 Å². The summed E-state index contributed by atoms with van der Waals surface area (Å²) in [5, 5.41) is 0.788. The third kappa shape index (κ3) is 4.79. The lowest BCUT2D eigenvalue weighted by molar-refractivity contribution is 0.575. The first kappa shape index (κ1) is 15.9. The highest BCUT2D eigenvalue weighted by Gasteiger charge is 2.10. The summed E-state index contributed by atoms with van der Waals surface area (Å²) in [7, 11) is 0. The van der Waals surface area contributed by atoms with E-state index in [2.05, 4.69) is 33.5 Å². The van der Waals surface area contributed by atoms with Crippen molar-refractivity contribution in [3.63, 3.8) is 0 Å². The first-order chi connectivity index (χ1) is 9.69. The summed E-state index contributed by atoms with van der Waals surface area (Å²) >= 11 is 11.4. The van der Waals surface area contributed by atoms with Crippen molar-refractivity contribution in [1.82, 2.24) is 5.43 Å². The molecule has 1 atom stereocenters. The summed E-state index contributed by atoms with van der Waals surface area (Å²) in [4.78, 5) is 1.09. The molecule has 0 aliphatic carbocycles. The molecule has 0 aliphatic rings. The average Bonchev–Trinajstić information content (AvgIpc) is 2.45.